The van der Waals surface area contributed by atoms with Crippen molar-refractivity contribution in [1.82, 2.24) is 0 Å². The van der Waals surface area contributed by atoms with Crippen LogP contribution in [0.15, 0.2) is 59.8 Å². The number of halogens is 3. The number of Topliss-reactive ketones (excluding diaryl/α,β-unsaturated/α-hetero) is 1. The molecular formula is C24H25F3O. The van der Waals surface area contributed by atoms with E-state index >= 15 is 0 Å². The molecule has 4 heteroatoms. The molecular weight excluding hydrogens is 361 g/mol. The van der Waals surface area contributed by atoms with Crippen molar-refractivity contribution in [2.75, 3.05) is 0 Å². The minimum atomic E-state index is -4.37. The van der Waals surface area contributed by atoms with E-state index in [1.807, 2.05) is 6.92 Å². The molecule has 0 aromatic heterocycles. The third-order valence-electron chi connectivity index (χ3n) is 4.21. The number of allylic oxidation sites excluding steroid dienone is 1. The van der Waals surface area contributed by atoms with Crippen molar-refractivity contribution in [3.8, 4) is 0 Å². The molecule has 0 saturated carbocycles. The quantitative estimate of drug-likeness (QED) is 0.397. The minimum absolute atomic E-state index is 0.0361. The molecule has 0 N–H and O–H groups in total. The van der Waals surface area contributed by atoms with Crippen LogP contribution in [0.5, 0.6) is 0 Å². The average molecular weight is 386 g/mol. The van der Waals surface area contributed by atoms with Crippen molar-refractivity contribution >= 4 is 11.4 Å². The maximum atomic E-state index is 12.9. The van der Waals surface area contributed by atoms with E-state index in [-0.39, 0.29) is 11.2 Å². The number of carbonyl (C=O) groups is 1. The van der Waals surface area contributed by atoms with Crippen LogP contribution < -0.4 is 0 Å². The number of hydrogen-bond donors (Lipinski definition) is 0. The molecule has 0 fully saturated rings. The van der Waals surface area contributed by atoms with Crippen molar-refractivity contribution < 1.29 is 18.0 Å². The Bertz CT molecular complexity index is 902. The normalized spacial score (nSPS) is 11.7. The molecule has 0 aliphatic heterocycles. The number of alkyl halides is 3. The van der Waals surface area contributed by atoms with Crippen LogP contribution in [0.2, 0.25) is 0 Å². The highest BCUT2D eigenvalue weighted by Gasteiger charge is 2.30. The summed E-state index contributed by atoms with van der Waals surface area (Å²) in [7, 11) is 0. The molecule has 0 saturated heterocycles. The van der Waals surface area contributed by atoms with Gasteiger partial charge in [0, 0.05) is 11.1 Å². The maximum Gasteiger partial charge on any atom is 0.416 e. The molecule has 0 aliphatic rings. The Labute approximate surface area is 164 Å². The highest BCUT2D eigenvalue weighted by atomic mass is 19.4. The van der Waals surface area contributed by atoms with E-state index < -0.39 is 11.7 Å². The molecule has 2 aromatic carbocycles. The molecule has 28 heavy (non-hydrogen) atoms. The van der Waals surface area contributed by atoms with Crippen molar-refractivity contribution in [3.63, 3.8) is 0 Å². The Kier molecular flexibility index (Phi) is 6.36. The molecule has 2 aromatic rings. The summed E-state index contributed by atoms with van der Waals surface area (Å²) in [5.74, 6) is -0.0361. The van der Waals surface area contributed by atoms with Crippen LogP contribution in [-0.2, 0) is 6.18 Å². The van der Waals surface area contributed by atoms with Gasteiger partial charge in [0.1, 0.15) is 0 Å². The van der Waals surface area contributed by atoms with Gasteiger partial charge in [-0.2, -0.15) is 13.2 Å². The zero-order valence-electron chi connectivity index (χ0n) is 16.9. The molecule has 0 spiro atoms. The first-order valence-electron chi connectivity index (χ1n) is 9.12. The molecule has 0 heterocycles. The molecule has 0 aliphatic carbocycles. The average Bonchev–Trinajstić information content (AvgIpc) is 2.57. The van der Waals surface area contributed by atoms with Crippen LogP contribution in [0.3, 0.4) is 0 Å². The first-order valence-corrected chi connectivity index (χ1v) is 9.12. The third kappa shape index (κ3) is 5.97. The second kappa shape index (κ2) is 8.20. The molecule has 148 valence electrons. The Morgan fingerprint density at radius 2 is 1.25 bits per heavy atom. The molecule has 0 bridgehead atoms. The van der Waals surface area contributed by atoms with Gasteiger partial charge >= 0.3 is 6.18 Å². The second-order valence-electron chi connectivity index (χ2n) is 8.23. The topological polar surface area (TPSA) is 17.1 Å². The van der Waals surface area contributed by atoms with Gasteiger partial charge in [0.05, 0.1) is 5.56 Å². The largest absolute Gasteiger partial charge is 0.416 e. The summed E-state index contributed by atoms with van der Waals surface area (Å²) in [6.07, 6.45) is -3.56. The molecule has 1 nitrogen and oxygen atoms in total. The first-order chi connectivity index (χ1) is 12.9. The molecule has 0 radical (unpaired) electrons. The highest BCUT2D eigenvalue weighted by Crippen LogP contribution is 2.32. The lowest BCUT2D eigenvalue weighted by Gasteiger charge is -2.17. The van der Waals surface area contributed by atoms with Gasteiger partial charge in [-0.1, -0.05) is 57.2 Å². The van der Waals surface area contributed by atoms with Crippen molar-refractivity contribution in [2.45, 2.75) is 47.2 Å². The molecule has 0 unspecified atom stereocenters. The lowest BCUT2D eigenvalue weighted by Crippen LogP contribution is -2.05. The lowest BCUT2D eigenvalue weighted by atomic mass is 9.88. The number of carbonyl (C=O) groups excluding carboxylic acids is 1. The van der Waals surface area contributed by atoms with E-state index in [4.69, 9.17) is 0 Å². The number of ketones is 1. The van der Waals surface area contributed by atoms with Gasteiger partial charge in [0.2, 0.25) is 0 Å². The van der Waals surface area contributed by atoms with Gasteiger partial charge in [-0.25, -0.2) is 0 Å². The van der Waals surface area contributed by atoms with Crippen LogP contribution in [0.1, 0.15) is 68.1 Å². The van der Waals surface area contributed by atoms with Crippen LogP contribution in [0.4, 0.5) is 13.2 Å². The van der Waals surface area contributed by atoms with Gasteiger partial charge in [0.25, 0.3) is 0 Å². The summed E-state index contributed by atoms with van der Waals surface area (Å²) in [5, 5.41) is 0. The number of rotatable bonds is 4. The molecule has 0 amide bonds. The van der Waals surface area contributed by atoms with E-state index in [9.17, 15) is 18.0 Å². The second-order valence-corrected chi connectivity index (χ2v) is 8.23. The summed E-state index contributed by atoms with van der Waals surface area (Å²) in [5.41, 5.74) is 6.54. The smallest absolute Gasteiger partial charge is 0.295 e. The predicted octanol–water partition coefficient (Wildman–Crippen LogP) is 7.32. The Morgan fingerprint density at radius 1 is 0.821 bits per heavy atom. The van der Waals surface area contributed by atoms with Gasteiger partial charge < -0.3 is 0 Å². The summed E-state index contributed by atoms with van der Waals surface area (Å²) in [6, 6.07) is 12.2. The zero-order valence-corrected chi connectivity index (χ0v) is 16.9. The van der Waals surface area contributed by atoms with Gasteiger partial charge in [-0.15, -0.1) is 5.73 Å². The fourth-order valence-electron chi connectivity index (χ4n) is 3.06. The fourth-order valence-corrected chi connectivity index (χ4v) is 3.06. The Balaban J connectivity index is 2.59. The predicted molar refractivity (Wildman–Crippen MR) is 107 cm³/mol. The lowest BCUT2D eigenvalue weighted by molar-refractivity contribution is -0.137. The Morgan fingerprint density at radius 3 is 1.64 bits per heavy atom. The van der Waals surface area contributed by atoms with E-state index in [1.165, 1.54) is 19.1 Å². The van der Waals surface area contributed by atoms with E-state index in [1.54, 1.807) is 24.3 Å². The third-order valence-corrected chi connectivity index (χ3v) is 4.21. The van der Waals surface area contributed by atoms with Crippen LogP contribution in [0, 0.1) is 5.41 Å². The number of hydrogen-bond acceptors (Lipinski definition) is 1. The summed E-state index contributed by atoms with van der Waals surface area (Å²) < 4.78 is 38.7. The van der Waals surface area contributed by atoms with Crippen molar-refractivity contribution in [3.05, 3.63) is 82.1 Å². The molecule has 0 atom stereocenters. The summed E-state index contributed by atoms with van der Waals surface area (Å²) in [4.78, 5) is 11.5. The van der Waals surface area contributed by atoms with Crippen LogP contribution in [-0.4, -0.2) is 5.78 Å². The van der Waals surface area contributed by atoms with Crippen LogP contribution >= 0.6 is 0 Å². The van der Waals surface area contributed by atoms with E-state index in [0.29, 0.717) is 16.7 Å². The fraction of sp³-hybridized carbons (Fsp3) is 0.333. The summed E-state index contributed by atoms with van der Waals surface area (Å²) in [6.45, 7) is 9.83. The monoisotopic (exact) mass is 386 g/mol. The number of benzene rings is 2. The van der Waals surface area contributed by atoms with Crippen molar-refractivity contribution in [1.29, 1.82) is 0 Å². The first kappa shape index (κ1) is 21.7. The highest BCUT2D eigenvalue weighted by molar-refractivity contribution is 5.94. The zero-order chi connectivity index (χ0) is 21.1. The standard InChI is InChI=1S/C24H25F3O/c1-16(15-23(3,4)5)14-22(19-8-6-18(7-9-19)17(2)28)20-10-12-21(13-11-20)24(25,26)27/h6-13H,15H2,1-5H3. The maximum absolute atomic E-state index is 12.9. The van der Waals surface area contributed by atoms with Crippen LogP contribution in [0.25, 0.3) is 5.57 Å². The van der Waals surface area contributed by atoms with Gasteiger partial charge in [0.15, 0.2) is 5.78 Å². The van der Waals surface area contributed by atoms with E-state index in [0.717, 1.165) is 29.7 Å². The van der Waals surface area contributed by atoms with E-state index in [2.05, 4.69) is 26.5 Å². The van der Waals surface area contributed by atoms with Crippen molar-refractivity contribution in [2.24, 2.45) is 5.41 Å². The minimum Gasteiger partial charge on any atom is -0.295 e. The van der Waals surface area contributed by atoms with Gasteiger partial charge in [-0.05, 0) is 54.5 Å². The summed E-state index contributed by atoms with van der Waals surface area (Å²) >= 11 is 0. The molecule has 2 rings (SSSR count). The Hall–Kier alpha value is -2.58. The SMILES string of the molecule is CC(=O)c1ccc(C(=C=C(C)CC(C)(C)C)c2ccc(C(F)(F)F)cc2)cc1. The van der Waals surface area contributed by atoms with Gasteiger partial charge in [-0.3, -0.25) is 4.79 Å².